The Morgan fingerprint density at radius 3 is 2.81 bits per heavy atom. The maximum absolute atomic E-state index is 13.2. The number of hydrogen-bond donors (Lipinski definition) is 3. The molecule has 1 aliphatic carbocycles. The summed E-state index contributed by atoms with van der Waals surface area (Å²) in [6.45, 7) is 8.26. The van der Waals surface area contributed by atoms with E-state index in [0.717, 1.165) is 59.8 Å². The second-order valence-corrected chi connectivity index (χ2v) is 11.2. The molecule has 1 aromatic carbocycles. The van der Waals surface area contributed by atoms with Gasteiger partial charge in [-0.05, 0) is 43.0 Å². The first-order chi connectivity index (χ1) is 17.3. The fourth-order valence-corrected chi connectivity index (χ4v) is 5.61. The number of fused-ring (bicyclic) bond motifs is 2. The molecule has 6 rings (SSSR count). The summed E-state index contributed by atoms with van der Waals surface area (Å²) in [6, 6.07) is 7.75. The van der Waals surface area contributed by atoms with Crippen molar-refractivity contribution < 1.29 is 14.3 Å². The SMILES string of the molecule is CCc1c(Cl)cccc1Nc1c(-c2ccncc2OC[C@@H]2OCC2(C)C)[nH]c2c1C(=O)NCC21CC1. The number of carbonyl (C=O) groups excluding carboxylic acids is 1. The quantitative estimate of drug-likeness (QED) is 0.387. The maximum atomic E-state index is 13.2. The average molecular weight is 507 g/mol. The molecule has 8 heteroatoms. The van der Waals surface area contributed by atoms with E-state index >= 15 is 0 Å². The second-order valence-electron chi connectivity index (χ2n) is 10.8. The Bertz CT molecular complexity index is 1340. The number of benzene rings is 1. The number of aromatic nitrogens is 2. The third-order valence-electron chi connectivity index (χ3n) is 7.90. The van der Waals surface area contributed by atoms with Crippen LogP contribution in [0.2, 0.25) is 5.02 Å². The predicted molar refractivity (Wildman–Crippen MR) is 140 cm³/mol. The van der Waals surface area contributed by atoms with E-state index in [4.69, 9.17) is 21.1 Å². The van der Waals surface area contributed by atoms with Gasteiger partial charge in [0, 0.05) is 45.5 Å². The molecule has 3 aromatic rings. The Hall–Kier alpha value is -3.03. The molecule has 1 atom stereocenters. The summed E-state index contributed by atoms with van der Waals surface area (Å²) in [7, 11) is 0. The van der Waals surface area contributed by atoms with Crippen LogP contribution in [-0.2, 0) is 16.6 Å². The number of hydrogen-bond acceptors (Lipinski definition) is 5. The molecule has 188 valence electrons. The molecule has 2 aliphatic heterocycles. The zero-order valence-electron chi connectivity index (χ0n) is 20.8. The minimum Gasteiger partial charge on any atom is -0.489 e. The standard InChI is InChI=1S/C28H31ClN4O3/c1-4-16-18(29)6-5-7-19(16)32-24-22-25(28(9-10-28)14-31-26(22)34)33-23(24)17-8-11-30-12-20(17)35-13-21-27(2,3)15-36-21/h5-8,11-12,21,32-33H,4,9-10,13-15H2,1-3H3,(H,31,34)/t21-/m0/s1. The molecule has 1 saturated heterocycles. The van der Waals surface area contributed by atoms with Crippen LogP contribution in [0.3, 0.4) is 0 Å². The first-order valence-corrected chi connectivity index (χ1v) is 13.0. The van der Waals surface area contributed by atoms with Crippen LogP contribution in [0.4, 0.5) is 11.4 Å². The van der Waals surface area contributed by atoms with Crippen LogP contribution in [0, 0.1) is 5.41 Å². The van der Waals surface area contributed by atoms with Crippen LogP contribution in [-0.4, -0.2) is 41.7 Å². The van der Waals surface area contributed by atoms with E-state index in [2.05, 4.69) is 41.4 Å². The van der Waals surface area contributed by atoms with Gasteiger partial charge in [0.2, 0.25) is 0 Å². The first kappa shape index (κ1) is 23.4. The summed E-state index contributed by atoms with van der Waals surface area (Å²) in [5.41, 5.74) is 6.01. The molecule has 3 aliphatic rings. The van der Waals surface area contributed by atoms with Gasteiger partial charge in [-0.15, -0.1) is 0 Å². The van der Waals surface area contributed by atoms with E-state index in [1.807, 2.05) is 24.3 Å². The highest BCUT2D eigenvalue weighted by atomic mass is 35.5. The van der Waals surface area contributed by atoms with Crippen molar-refractivity contribution in [3.63, 3.8) is 0 Å². The molecular formula is C28H31ClN4O3. The fourth-order valence-electron chi connectivity index (χ4n) is 5.30. The number of halogens is 1. The van der Waals surface area contributed by atoms with Crippen molar-refractivity contribution in [2.75, 3.05) is 25.1 Å². The van der Waals surface area contributed by atoms with Gasteiger partial charge in [-0.2, -0.15) is 0 Å². The smallest absolute Gasteiger partial charge is 0.255 e. The number of amides is 1. The number of nitrogens with zero attached hydrogens (tertiary/aromatic N) is 1. The maximum Gasteiger partial charge on any atom is 0.255 e. The average Bonchev–Trinajstić information content (AvgIpc) is 3.54. The highest BCUT2D eigenvalue weighted by Crippen LogP contribution is 2.54. The van der Waals surface area contributed by atoms with Crippen LogP contribution < -0.4 is 15.4 Å². The highest BCUT2D eigenvalue weighted by Gasteiger charge is 2.52. The molecule has 1 amide bonds. The Kier molecular flexibility index (Phi) is 5.54. The van der Waals surface area contributed by atoms with E-state index in [1.165, 1.54) is 0 Å². The summed E-state index contributed by atoms with van der Waals surface area (Å²) in [4.78, 5) is 21.2. The normalized spacial score (nSPS) is 20.9. The van der Waals surface area contributed by atoms with E-state index in [-0.39, 0.29) is 22.8 Å². The summed E-state index contributed by atoms with van der Waals surface area (Å²) < 4.78 is 12.0. The zero-order chi connectivity index (χ0) is 25.1. The number of H-pyrrole nitrogens is 1. The van der Waals surface area contributed by atoms with Gasteiger partial charge >= 0.3 is 0 Å². The molecule has 36 heavy (non-hydrogen) atoms. The Labute approximate surface area is 215 Å². The number of ether oxygens (including phenoxy) is 2. The van der Waals surface area contributed by atoms with Gasteiger partial charge in [0.15, 0.2) is 0 Å². The molecule has 0 bridgehead atoms. The summed E-state index contributed by atoms with van der Waals surface area (Å²) in [5.74, 6) is 0.575. The van der Waals surface area contributed by atoms with Gasteiger partial charge in [0.1, 0.15) is 12.4 Å². The number of carbonyl (C=O) groups is 1. The minimum absolute atomic E-state index is 0.0269. The molecule has 0 unspecified atom stereocenters. The Balaban J connectivity index is 1.46. The number of aromatic amines is 1. The number of nitrogens with one attached hydrogen (secondary N) is 3. The van der Waals surface area contributed by atoms with E-state index in [1.54, 1.807) is 12.4 Å². The zero-order valence-corrected chi connectivity index (χ0v) is 21.6. The van der Waals surface area contributed by atoms with Gasteiger partial charge in [-0.3, -0.25) is 9.78 Å². The van der Waals surface area contributed by atoms with E-state index in [0.29, 0.717) is 29.5 Å². The topological polar surface area (TPSA) is 88.3 Å². The lowest BCUT2D eigenvalue weighted by molar-refractivity contribution is -0.180. The molecule has 2 fully saturated rings. The van der Waals surface area contributed by atoms with Gasteiger partial charge in [0.25, 0.3) is 5.91 Å². The summed E-state index contributed by atoms with van der Waals surface area (Å²) >= 11 is 6.52. The number of rotatable bonds is 7. The number of anilines is 2. The van der Waals surface area contributed by atoms with Crippen LogP contribution in [0.25, 0.3) is 11.3 Å². The molecule has 7 nitrogen and oxygen atoms in total. The van der Waals surface area contributed by atoms with E-state index in [9.17, 15) is 4.79 Å². The third-order valence-corrected chi connectivity index (χ3v) is 8.26. The van der Waals surface area contributed by atoms with Crippen molar-refractivity contribution in [2.24, 2.45) is 5.41 Å². The van der Waals surface area contributed by atoms with Crippen molar-refractivity contribution in [2.45, 2.75) is 51.6 Å². The van der Waals surface area contributed by atoms with Gasteiger partial charge in [-0.25, -0.2) is 0 Å². The number of pyridine rings is 1. The van der Waals surface area contributed by atoms with Crippen LogP contribution >= 0.6 is 11.6 Å². The first-order valence-electron chi connectivity index (χ1n) is 12.6. The van der Waals surface area contributed by atoms with Crippen molar-refractivity contribution >= 4 is 28.9 Å². The van der Waals surface area contributed by atoms with E-state index < -0.39 is 0 Å². The summed E-state index contributed by atoms with van der Waals surface area (Å²) in [5, 5.41) is 7.40. The molecule has 2 aromatic heterocycles. The highest BCUT2D eigenvalue weighted by molar-refractivity contribution is 6.31. The van der Waals surface area contributed by atoms with Crippen molar-refractivity contribution in [3.05, 3.63) is 58.5 Å². The lowest BCUT2D eigenvalue weighted by Crippen LogP contribution is -2.50. The van der Waals surface area contributed by atoms with Gasteiger partial charge < -0.3 is 25.1 Å². The largest absolute Gasteiger partial charge is 0.489 e. The summed E-state index contributed by atoms with van der Waals surface area (Å²) in [6.07, 6.45) is 6.36. The fraction of sp³-hybridized carbons (Fsp3) is 0.429. The molecule has 1 spiro atoms. The molecule has 3 N–H and O–H groups in total. The van der Waals surface area contributed by atoms with Crippen LogP contribution in [0.5, 0.6) is 5.75 Å². The predicted octanol–water partition coefficient (Wildman–Crippen LogP) is 5.61. The monoisotopic (exact) mass is 506 g/mol. The van der Waals surface area contributed by atoms with Crippen molar-refractivity contribution in [3.8, 4) is 17.0 Å². The van der Waals surface area contributed by atoms with Gasteiger partial charge in [0.05, 0.1) is 35.9 Å². The van der Waals surface area contributed by atoms with Crippen molar-refractivity contribution in [1.29, 1.82) is 0 Å². The lowest BCUT2D eigenvalue weighted by Gasteiger charge is -2.43. The van der Waals surface area contributed by atoms with Gasteiger partial charge in [-0.1, -0.05) is 38.4 Å². The lowest BCUT2D eigenvalue weighted by atomic mass is 9.83. The van der Waals surface area contributed by atoms with Crippen molar-refractivity contribution in [1.82, 2.24) is 15.3 Å². The molecule has 0 radical (unpaired) electrons. The Morgan fingerprint density at radius 1 is 1.28 bits per heavy atom. The molecule has 4 heterocycles. The van der Waals surface area contributed by atoms with Crippen LogP contribution in [0.1, 0.15) is 55.2 Å². The third kappa shape index (κ3) is 3.76. The minimum atomic E-state index is -0.0752. The Morgan fingerprint density at radius 2 is 2.11 bits per heavy atom. The van der Waals surface area contributed by atoms with Crippen LogP contribution in [0.15, 0.2) is 36.7 Å². The molecular weight excluding hydrogens is 476 g/mol. The second kappa shape index (κ2) is 8.53. The molecule has 1 saturated carbocycles.